The van der Waals surface area contributed by atoms with E-state index in [0.717, 1.165) is 21.4 Å². The number of carbonyl (C=O) groups excluding carboxylic acids is 1. The van der Waals surface area contributed by atoms with Crippen LogP contribution in [-0.4, -0.2) is 29.3 Å². The van der Waals surface area contributed by atoms with E-state index < -0.39 is 6.17 Å². The molecule has 2 aromatic rings. The van der Waals surface area contributed by atoms with E-state index in [-0.39, 0.29) is 5.91 Å². The van der Waals surface area contributed by atoms with Crippen LogP contribution in [0.15, 0.2) is 66.0 Å². The Labute approximate surface area is 166 Å². The number of rotatable bonds is 4. The zero-order valence-electron chi connectivity index (χ0n) is 14.5. The number of ether oxygens (including phenoxy) is 1. The van der Waals surface area contributed by atoms with Gasteiger partial charge in [-0.1, -0.05) is 47.6 Å². The summed E-state index contributed by atoms with van der Waals surface area (Å²) < 4.78 is 5.24. The number of methoxy groups -OCH3 is 1. The molecule has 0 fully saturated rings. The van der Waals surface area contributed by atoms with Crippen molar-refractivity contribution in [2.24, 2.45) is 5.10 Å². The maximum Gasteiger partial charge on any atom is 0.276 e. The number of anilines is 1. The predicted octanol–water partition coefficient (Wildman–Crippen LogP) is 3.60. The normalized spacial score (nSPS) is 18.2. The van der Waals surface area contributed by atoms with Gasteiger partial charge in [-0.05, 0) is 23.8 Å². The monoisotopic (exact) mass is 400 g/mol. The molecular formula is C19H17ClN4O2S. The van der Waals surface area contributed by atoms with Gasteiger partial charge in [0.2, 0.25) is 6.17 Å². The number of benzene rings is 2. The van der Waals surface area contributed by atoms with Crippen molar-refractivity contribution in [1.82, 2.24) is 10.3 Å². The van der Waals surface area contributed by atoms with E-state index in [9.17, 15) is 4.79 Å². The average molecular weight is 401 g/mol. The van der Waals surface area contributed by atoms with Crippen LogP contribution in [0.5, 0.6) is 5.75 Å². The van der Waals surface area contributed by atoms with Crippen LogP contribution in [0.25, 0.3) is 0 Å². The van der Waals surface area contributed by atoms with Crippen molar-refractivity contribution in [3.05, 3.63) is 71.5 Å². The standard InChI is InChI=1S/C19H17ClN4O2S/c1-26-15-7-4-6-14(11-15)23-9-10-24-17(18(23)25)21-22-19(24)27-12-13-5-2-3-8-16(13)20/h2-11,17,21H,12H2,1H3. The Hall–Kier alpha value is -2.64. The molecule has 1 amide bonds. The highest BCUT2D eigenvalue weighted by molar-refractivity contribution is 8.13. The van der Waals surface area contributed by atoms with Crippen molar-refractivity contribution in [1.29, 1.82) is 0 Å². The van der Waals surface area contributed by atoms with E-state index in [1.54, 1.807) is 18.2 Å². The van der Waals surface area contributed by atoms with Gasteiger partial charge in [-0.25, -0.2) is 0 Å². The summed E-state index contributed by atoms with van der Waals surface area (Å²) in [5.74, 6) is 1.26. The van der Waals surface area contributed by atoms with Crippen LogP contribution in [-0.2, 0) is 10.5 Å². The molecule has 2 aliphatic heterocycles. The Morgan fingerprint density at radius 2 is 2.07 bits per heavy atom. The molecule has 6 nitrogen and oxygen atoms in total. The summed E-state index contributed by atoms with van der Waals surface area (Å²) in [6.07, 6.45) is 3.03. The smallest absolute Gasteiger partial charge is 0.276 e. The molecule has 0 aromatic heterocycles. The van der Waals surface area contributed by atoms with Crippen LogP contribution in [0, 0.1) is 0 Å². The van der Waals surface area contributed by atoms with Gasteiger partial charge in [0, 0.05) is 29.2 Å². The molecule has 1 unspecified atom stereocenters. The Kier molecular flexibility index (Phi) is 4.96. The molecule has 0 aliphatic carbocycles. The zero-order valence-corrected chi connectivity index (χ0v) is 16.1. The largest absolute Gasteiger partial charge is 0.497 e. The second kappa shape index (κ2) is 7.54. The van der Waals surface area contributed by atoms with Crippen LogP contribution >= 0.6 is 23.4 Å². The van der Waals surface area contributed by atoms with Crippen molar-refractivity contribution in [2.45, 2.75) is 11.9 Å². The van der Waals surface area contributed by atoms with E-state index in [1.807, 2.05) is 59.6 Å². The van der Waals surface area contributed by atoms with Gasteiger partial charge in [0.05, 0.1) is 12.8 Å². The fourth-order valence-corrected chi connectivity index (χ4v) is 4.10. The number of carbonyl (C=O) groups is 1. The first kappa shape index (κ1) is 17.8. The van der Waals surface area contributed by atoms with E-state index >= 15 is 0 Å². The number of fused-ring (bicyclic) bond motifs is 1. The molecule has 4 rings (SSSR count). The number of thioether (sulfide) groups is 1. The number of nitrogens with zero attached hydrogens (tertiary/aromatic N) is 3. The van der Waals surface area contributed by atoms with Crippen LogP contribution in [0.1, 0.15) is 5.56 Å². The summed E-state index contributed by atoms with van der Waals surface area (Å²) in [4.78, 5) is 16.3. The summed E-state index contributed by atoms with van der Waals surface area (Å²) in [7, 11) is 1.60. The second-order valence-corrected chi connectivity index (χ2v) is 7.27. The third kappa shape index (κ3) is 3.48. The third-order valence-corrected chi connectivity index (χ3v) is 5.66. The van der Waals surface area contributed by atoms with E-state index in [0.29, 0.717) is 11.5 Å². The maximum atomic E-state index is 12.9. The van der Waals surface area contributed by atoms with Gasteiger partial charge in [-0.2, -0.15) is 5.10 Å². The number of hydrazone groups is 1. The summed E-state index contributed by atoms with van der Waals surface area (Å²) in [5.41, 5.74) is 4.70. The Balaban J connectivity index is 1.49. The van der Waals surface area contributed by atoms with Gasteiger partial charge in [-0.15, -0.1) is 0 Å². The van der Waals surface area contributed by atoms with Gasteiger partial charge >= 0.3 is 0 Å². The third-order valence-electron chi connectivity index (χ3n) is 4.28. The molecule has 1 atom stereocenters. The lowest BCUT2D eigenvalue weighted by atomic mass is 10.2. The predicted molar refractivity (Wildman–Crippen MR) is 109 cm³/mol. The van der Waals surface area contributed by atoms with Crippen molar-refractivity contribution >= 4 is 40.1 Å². The zero-order chi connectivity index (χ0) is 18.8. The van der Waals surface area contributed by atoms with Crippen molar-refractivity contribution < 1.29 is 9.53 Å². The van der Waals surface area contributed by atoms with Crippen LogP contribution in [0.3, 0.4) is 0 Å². The molecule has 0 saturated heterocycles. The molecule has 138 valence electrons. The topological polar surface area (TPSA) is 57.2 Å². The first-order chi connectivity index (χ1) is 13.2. The Morgan fingerprint density at radius 1 is 1.22 bits per heavy atom. The minimum atomic E-state index is -0.560. The first-order valence-electron chi connectivity index (χ1n) is 8.30. The average Bonchev–Trinajstić information content (AvgIpc) is 3.12. The highest BCUT2D eigenvalue weighted by atomic mass is 35.5. The Bertz CT molecular complexity index is 933. The van der Waals surface area contributed by atoms with Crippen molar-refractivity contribution in [2.75, 3.05) is 12.0 Å². The summed E-state index contributed by atoms with van der Waals surface area (Å²) in [5, 5.41) is 5.78. The summed E-state index contributed by atoms with van der Waals surface area (Å²) >= 11 is 7.74. The minimum absolute atomic E-state index is 0.108. The van der Waals surface area contributed by atoms with Gasteiger partial charge < -0.3 is 4.74 Å². The van der Waals surface area contributed by atoms with Gasteiger partial charge in [-0.3, -0.25) is 20.0 Å². The van der Waals surface area contributed by atoms with Crippen LogP contribution in [0.2, 0.25) is 5.02 Å². The molecule has 2 aliphatic rings. The SMILES string of the molecule is COc1cccc(N2C=CN3C(SCc4ccccc4Cl)=NNC3C2=O)c1. The lowest BCUT2D eigenvalue weighted by Crippen LogP contribution is -2.52. The number of hydrogen-bond donors (Lipinski definition) is 1. The maximum absolute atomic E-state index is 12.9. The molecule has 2 heterocycles. The van der Waals surface area contributed by atoms with Gasteiger partial charge in [0.25, 0.3) is 5.91 Å². The highest BCUT2D eigenvalue weighted by Crippen LogP contribution is 2.29. The molecular weight excluding hydrogens is 384 g/mol. The van der Waals surface area contributed by atoms with Crippen LogP contribution in [0.4, 0.5) is 5.69 Å². The van der Waals surface area contributed by atoms with E-state index in [4.69, 9.17) is 16.3 Å². The summed E-state index contributed by atoms with van der Waals surface area (Å²) in [6.45, 7) is 0. The molecule has 0 bridgehead atoms. The van der Waals surface area contributed by atoms with Crippen molar-refractivity contribution in [3.63, 3.8) is 0 Å². The van der Waals surface area contributed by atoms with Crippen molar-refractivity contribution in [3.8, 4) is 5.75 Å². The highest BCUT2D eigenvalue weighted by Gasteiger charge is 2.38. The molecule has 8 heteroatoms. The number of hydrogen-bond acceptors (Lipinski definition) is 6. The van der Waals surface area contributed by atoms with E-state index in [1.165, 1.54) is 11.8 Å². The fourth-order valence-electron chi connectivity index (χ4n) is 2.85. The van der Waals surface area contributed by atoms with E-state index in [2.05, 4.69) is 10.5 Å². The quantitative estimate of drug-likeness (QED) is 0.849. The minimum Gasteiger partial charge on any atom is -0.497 e. The number of amidine groups is 1. The lowest BCUT2D eigenvalue weighted by Gasteiger charge is -2.32. The number of halogens is 1. The second-order valence-electron chi connectivity index (χ2n) is 5.92. The molecule has 27 heavy (non-hydrogen) atoms. The number of nitrogens with one attached hydrogen (secondary N) is 1. The Morgan fingerprint density at radius 3 is 2.89 bits per heavy atom. The molecule has 0 saturated carbocycles. The number of amides is 1. The van der Waals surface area contributed by atoms with Gasteiger partial charge in [0.1, 0.15) is 5.75 Å². The first-order valence-corrected chi connectivity index (χ1v) is 9.67. The summed E-state index contributed by atoms with van der Waals surface area (Å²) in [6, 6.07) is 15.1. The molecule has 2 aromatic carbocycles. The molecule has 0 spiro atoms. The fraction of sp³-hybridized carbons (Fsp3) is 0.158. The lowest BCUT2D eigenvalue weighted by molar-refractivity contribution is -0.122. The molecule has 0 radical (unpaired) electrons. The molecule has 1 N–H and O–H groups in total. The van der Waals surface area contributed by atoms with Gasteiger partial charge in [0.15, 0.2) is 5.17 Å². The van der Waals surface area contributed by atoms with Crippen LogP contribution < -0.4 is 15.1 Å².